The van der Waals surface area contributed by atoms with Crippen LogP contribution < -0.4 is 4.74 Å². The highest BCUT2D eigenvalue weighted by molar-refractivity contribution is 6.35. The molecule has 0 amide bonds. The number of halogens is 1. The van der Waals surface area contributed by atoms with Gasteiger partial charge in [0.15, 0.2) is 11.6 Å². The normalized spacial score (nSPS) is 18.2. The minimum Gasteiger partial charge on any atom is -0.439 e. The summed E-state index contributed by atoms with van der Waals surface area (Å²) in [5, 5.41) is 1.45. The zero-order valence-electron chi connectivity index (χ0n) is 18.9. The van der Waals surface area contributed by atoms with Gasteiger partial charge in [-0.3, -0.25) is 9.59 Å². The highest BCUT2D eigenvalue weighted by atomic mass is 35.5. The van der Waals surface area contributed by atoms with Crippen molar-refractivity contribution in [3.05, 3.63) is 64.7 Å². The van der Waals surface area contributed by atoms with Crippen LogP contribution in [0.3, 0.4) is 0 Å². The zero-order chi connectivity index (χ0) is 23.3. The van der Waals surface area contributed by atoms with E-state index in [1.807, 2.05) is 37.3 Å². The van der Waals surface area contributed by atoms with Gasteiger partial charge >= 0.3 is 0 Å². The van der Waals surface area contributed by atoms with Crippen molar-refractivity contribution in [2.45, 2.75) is 58.2 Å². The lowest BCUT2D eigenvalue weighted by molar-refractivity contribution is -0.184. The van der Waals surface area contributed by atoms with Gasteiger partial charge in [-0.1, -0.05) is 36.7 Å². The molecule has 2 aromatic carbocycles. The monoisotopic (exact) mass is 451 g/mol. The van der Waals surface area contributed by atoms with E-state index in [2.05, 4.69) is 4.98 Å². The number of hydrogen-bond acceptors (Lipinski definition) is 5. The van der Waals surface area contributed by atoms with Crippen LogP contribution in [0.4, 0.5) is 0 Å². The molecule has 5 nitrogen and oxygen atoms in total. The number of carbonyl (C=O) groups excluding carboxylic acids is 2. The lowest BCUT2D eigenvalue weighted by Crippen LogP contribution is -2.58. The molecule has 1 aliphatic heterocycles. The average Bonchev–Trinajstić information content (AvgIpc) is 2.73. The van der Waals surface area contributed by atoms with Gasteiger partial charge in [0.2, 0.25) is 5.88 Å². The molecule has 32 heavy (non-hydrogen) atoms. The number of para-hydroxylation sites is 1. The van der Waals surface area contributed by atoms with E-state index >= 15 is 0 Å². The predicted molar refractivity (Wildman–Crippen MR) is 125 cm³/mol. The highest BCUT2D eigenvalue weighted by Crippen LogP contribution is 2.41. The van der Waals surface area contributed by atoms with Crippen molar-refractivity contribution >= 4 is 34.1 Å². The van der Waals surface area contributed by atoms with Gasteiger partial charge in [0.25, 0.3) is 0 Å². The standard InChI is InChI=1S/C26H26ClNO4/c1-6-15-10-12-17(31-20-13-11-16-8-7-9-19(27)22(16)28-20)14-18(15)21-23(29)25(2,3)32-26(4,5)24(21)30/h7-14,21H,6H2,1-5H3. The van der Waals surface area contributed by atoms with Crippen LogP contribution >= 0.6 is 11.6 Å². The van der Waals surface area contributed by atoms with Crippen molar-refractivity contribution in [3.63, 3.8) is 0 Å². The summed E-state index contributed by atoms with van der Waals surface area (Å²) in [6.07, 6.45) is 0.679. The molecule has 4 rings (SSSR count). The fraction of sp³-hybridized carbons (Fsp3) is 0.346. The van der Waals surface area contributed by atoms with Gasteiger partial charge in [-0.15, -0.1) is 0 Å². The van der Waals surface area contributed by atoms with E-state index in [1.165, 1.54) is 0 Å². The largest absolute Gasteiger partial charge is 0.439 e. The molecule has 0 radical (unpaired) electrons. The van der Waals surface area contributed by atoms with Crippen LogP contribution in [0.25, 0.3) is 10.9 Å². The Morgan fingerprint density at radius 1 is 1.00 bits per heavy atom. The lowest BCUT2D eigenvalue weighted by Gasteiger charge is -2.43. The first-order valence-electron chi connectivity index (χ1n) is 10.7. The number of benzene rings is 2. The van der Waals surface area contributed by atoms with Crippen molar-refractivity contribution in [1.82, 2.24) is 4.98 Å². The Kier molecular flexibility index (Phi) is 5.60. The van der Waals surface area contributed by atoms with Crippen molar-refractivity contribution in [3.8, 4) is 11.6 Å². The Balaban J connectivity index is 1.76. The van der Waals surface area contributed by atoms with Crippen molar-refractivity contribution < 1.29 is 19.1 Å². The minimum absolute atomic E-state index is 0.246. The second-order valence-electron chi connectivity index (χ2n) is 9.06. The number of aryl methyl sites for hydroxylation is 1. The highest BCUT2D eigenvalue weighted by Gasteiger charge is 2.53. The van der Waals surface area contributed by atoms with E-state index in [4.69, 9.17) is 21.1 Å². The number of carbonyl (C=O) groups is 2. The summed E-state index contributed by atoms with van der Waals surface area (Å²) < 4.78 is 11.9. The molecule has 0 aliphatic carbocycles. The maximum atomic E-state index is 13.3. The Hall–Kier alpha value is -2.76. The van der Waals surface area contributed by atoms with Crippen LogP contribution in [0.2, 0.25) is 5.02 Å². The molecule has 1 aliphatic rings. The molecular weight excluding hydrogens is 426 g/mol. The number of pyridine rings is 1. The number of aromatic nitrogens is 1. The number of hydrogen-bond donors (Lipinski definition) is 0. The van der Waals surface area contributed by atoms with E-state index in [9.17, 15) is 9.59 Å². The topological polar surface area (TPSA) is 65.5 Å². The van der Waals surface area contributed by atoms with Crippen LogP contribution in [-0.2, 0) is 20.7 Å². The summed E-state index contributed by atoms with van der Waals surface area (Å²) in [7, 11) is 0. The maximum absolute atomic E-state index is 13.3. The van der Waals surface area contributed by atoms with E-state index in [1.54, 1.807) is 45.9 Å². The summed E-state index contributed by atoms with van der Waals surface area (Å²) in [5.74, 6) is -0.523. The molecule has 1 fully saturated rings. The molecule has 1 aromatic heterocycles. The second-order valence-corrected chi connectivity index (χ2v) is 9.47. The zero-order valence-corrected chi connectivity index (χ0v) is 19.6. The average molecular weight is 452 g/mol. The number of ketones is 2. The van der Waals surface area contributed by atoms with Gasteiger partial charge in [-0.05, 0) is 69.5 Å². The van der Waals surface area contributed by atoms with Crippen LogP contribution in [-0.4, -0.2) is 27.8 Å². The van der Waals surface area contributed by atoms with Crippen LogP contribution in [0.15, 0.2) is 48.5 Å². The number of fused-ring (bicyclic) bond motifs is 1. The fourth-order valence-electron chi connectivity index (χ4n) is 4.33. The summed E-state index contributed by atoms with van der Waals surface area (Å²) in [5.41, 5.74) is 0.0898. The molecular formula is C26H26ClNO4. The molecule has 0 spiro atoms. The van der Waals surface area contributed by atoms with Crippen LogP contribution in [0.1, 0.15) is 51.7 Å². The smallest absolute Gasteiger partial charge is 0.219 e. The lowest BCUT2D eigenvalue weighted by atomic mass is 9.73. The van der Waals surface area contributed by atoms with E-state index in [0.29, 0.717) is 34.2 Å². The SMILES string of the molecule is CCc1ccc(Oc2ccc3cccc(Cl)c3n2)cc1C1C(=O)C(C)(C)OC(C)(C)C1=O. The molecule has 3 aromatic rings. The minimum atomic E-state index is -1.07. The molecule has 2 heterocycles. The fourth-order valence-corrected chi connectivity index (χ4v) is 4.56. The summed E-state index contributed by atoms with van der Waals surface area (Å²) in [6.45, 7) is 8.85. The molecule has 0 unspecified atom stereocenters. The van der Waals surface area contributed by atoms with E-state index in [0.717, 1.165) is 10.9 Å². The van der Waals surface area contributed by atoms with Gasteiger partial charge in [-0.25, -0.2) is 4.98 Å². The molecule has 1 saturated heterocycles. The molecule has 0 N–H and O–H groups in total. The van der Waals surface area contributed by atoms with Crippen LogP contribution in [0, 0.1) is 0 Å². The first-order chi connectivity index (χ1) is 15.0. The first-order valence-corrected chi connectivity index (χ1v) is 11.1. The van der Waals surface area contributed by atoms with Crippen LogP contribution in [0.5, 0.6) is 11.6 Å². The molecule has 166 valence electrons. The Labute approximate surface area is 192 Å². The quantitative estimate of drug-likeness (QED) is 0.451. The third-order valence-corrected chi connectivity index (χ3v) is 6.20. The van der Waals surface area contributed by atoms with Crippen molar-refractivity contribution in [2.75, 3.05) is 0 Å². The Morgan fingerprint density at radius 2 is 1.69 bits per heavy atom. The molecule has 0 saturated carbocycles. The molecule has 6 heteroatoms. The molecule has 0 bridgehead atoms. The Bertz CT molecular complexity index is 1210. The van der Waals surface area contributed by atoms with Gasteiger partial charge in [0, 0.05) is 11.5 Å². The third-order valence-electron chi connectivity index (χ3n) is 5.90. The van der Waals surface area contributed by atoms with E-state index < -0.39 is 17.1 Å². The summed E-state index contributed by atoms with van der Waals surface area (Å²) in [6, 6.07) is 14.7. The molecule has 0 atom stereocenters. The van der Waals surface area contributed by atoms with Crippen molar-refractivity contribution in [2.24, 2.45) is 0 Å². The van der Waals surface area contributed by atoms with Crippen molar-refractivity contribution in [1.29, 1.82) is 0 Å². The number of rotatable bonds is 4. The second kappa shape index (κ2) is 7.98. The first kappa shape index (κ1) is 22.4. The predicted octanol–water partition coefficient (Wildman–Crippen LogP) is 6.05. The van der Waals surface area contributed by atoms with Gasteiger partial charge in [0.1, 0.15) is 22.9 Å². The summed E-state index contributed by atoms with van der Waals surface area (Å²) >= 11 is 6.28. The van der Waals surface area contributed by atoms with Gasteiger partial charge < -0.3 is 9.47 Å². The number of nitrogens with zero attached hydrogens (tertiary/aromatic N) is 1. The van der Waals surface area contributed by atoms with E-state index in [-0.39, 0.29) is 11.6 Å². The summed E-state index contributed by atoms with van der Waals surface area (Å²) in [4.78, 5) is 31.0. The maximum Gasteiger partial charge on any atom is 0.219 e. The third kappa shape index (κ3) is 3.91. The number of Topliss-reactive ketones (excluding diaryl/α,β-unsaturated/α-hetero) is 2. The number of ether oxygens (including phenoxy) is 2. The van der Waals surface area contributed by atoms with Gasteiger partial charge in [-0.2, -0.15) is 0 Å². The Morgan fingerprint density at radius 3 is 2.34 bits per heavy atom. The van der Waals surface area contributed by atoms with Gasteiger partial charge in [0.05, 0.1) is 10.5 Å².